The zero-order chi connectivity index (χ0) is 7.40. The maximum absolute atomic E-state index is 8.21. The second-order valence-electron chi connectivity index (χ2n) is 1.69. The van der Waals surface area contributed by atoms with Crippen molar-refractivity contribution in [3.05, 3.63) is 35.4 Å². The van der Waals surface area contributed by atoms with E-state index in [4.69, 9.17) is 17.2 Å². The number of diazo groups is 1. The monoisotopic (exact) mass is 154 g/mol. The van der Waals surface area contributed by atoms with Gasteiger partial charge in [-0.05, 0) is 12.1 Å². The fourth-order valence-corrected chi connectivity index (χ4v) is 0.715. The first kappa shape index (κ1) is 6.84. The number of nitrogens with zero attached hydrogens (tertiary/aromatic N) is 3. The lowest BCUT2D eigenvalue weighted by Gasteiger charge is -1.90. The molecule has 0 aromatic heterocycles. The van der Waals surface area contributed by atoms with Crippen LogP contribution in [0.1, 0.15) is 0 Å². The zero-order valence-electron chi connectivity index (χ0n) is 5.11. The number of halogens is 1. The Morgan fingerprint density at radius 3 is 2.40 bits per heavy atom. The van der Waals surface area contributed by atoms with Crippen LogP contribution in [0.5, 0.6) is 0 Å². The number of anilines is 1. The maximum Gasteiger partial charge on any atom is 0.328 e. The van der Waals surface area contributed by atoms with Gasteiger partial charge in [-0.15, -0.1) is 0 Å². The molecule has 1 aromatic rings. The molecule has 10 heavy (non-hydrogen) atoms. The standard InChI is InChI=1S/C6H5ClN3/c7-10(9-8)6-4-2-1-3-5-6/h1-5H/q+1. The highest BCUT2D eigenvalue weighted by Crippen LogP contribution is 2.14. The van der Waals surface area contributed by atoms with Crippen LogP contribution < -0.4 is 4.53 Å². The highest BCUT2D eigenvalue weighted by molar-refractivity contribution is 6.26. The molecule has 0 radical (unpaired) electrons. The second kappa shape index (κ2) is 3.04. The molecule has 0 aliphatic carbocycles. The molecule has 0 atom stereocenters. The van der Waals surface area contributed by atoms with Crippen LogP contribution in [-0.4, -0.2) is 0 Å². The SMILES string of the molecule is N#[N+]N(Cl)c1ccccc1. The number of hydrogen-bond acceptors (Lipinski definition) is 2. The van der Waals surface area contributed by atoms with Gasteiger partial charge < -0.3 is 0 Å². The molecular formula is C6H5ClN3+. The Morgan fingerprint density at radius 2 is 1.90 bits per heavy atom. The van der Waals surface area contributed by atoms with Gasteiger partial charge in [0.15, 0.2) is 0 Å². The summed E-state index contributed by atoms with van der Waals surface area (Å²) in [6.07, 6.45) is 0. The lowest BCUT2D eigenvalue weighted by Crippen LogP contribution is -1.94. The van der Waals surface area contributed by atoms with Crippen molar-refractivity contribution in [3.63, 3.8) is 0 Å². The van der Waals surface area contributed by atoms with Crippen LogP contribution >= 0.6 is 11.8 Å². The van der Waals surface area contributed by atoms with Crippen molar-refractivity contribution < 1.29 is 0 Å². The van der Waals surface area contributed by atoms with E-state index in [1.165, 1.54) is 0 Å². The van der Waals surface area contributed by atoms with Gasteiger partial charge in [-0.1, -0.05) is 18.2 Å². The molecule has 1 rings (SSSR count). The Morgan fingerprint density at radius 1 is 1.30 bits per heavy atom. The van der Waals surface area contributed by atoms with Crippen LogP contribution in [0.4, 0.5) is 5.69 Å². The van der Waals surface area contributed by atoms with Gasteiger partial charge in [-0.2, -0.15) is 0 Å². The van der Waals surface area contributed by atoms with E-state index in [9.17, 15) is 0 Å². The van der Waals surface area contributed by atoms with Crippen LogP contribution in [0.2, 0.25) is 0 Å². The molecule has 0 saturated carbocycles. The first-order valence-electron chi connectivity index (χ1n) is 2.70. The lowest BCUT2D eigenvalue weighted by atomic mass is 10.3. The van der Waals surface area contributed by atoms with Gasteiger partial charge in [0.1, 0.15) is 17.5 Å². The van der Waals surface area contributed by atoms with E-state index in [2.05, 4.69) is 5.08 Å². The number of rotatable bonds is 1. The molecule has 0 aliphatic rings. The summed E-state index contributed by atoms with van der Waals surface area (Å²) in [5.74, 6) is 0. The van der Waals surface area contributed by atoms with Crippen molar-refractivity contribution >= 4 is 17.5 Å². The topological polar surface area (TPSA) is 31.4 Å². The first-order chi connectivity index (χ1) is 4.84. The summed E-state index contributed by atoms with van der Waals surface area (Å²) in [4.78, 5) is 0. The van der Waals surface area contributed by atoms with Crippen molar-refractivity contribution in [1.82, 2.24) is 0 Å². The molecule has 50 valence electrons. The predicted octanol–water partition coefficient (Wildman–Crippen LogP) is 2.41. The van der Waals surface area contributed by atoms with Crippen LogP contribution in [0.25, 0.3) is 5.08 Å². The maximum atomic E-state index is 8.21. The van der Waals surface area contributed by atoms with Gasteiger partial charge in [0.2, 0.25) is 0 Å². The van der Waals surface area contributed by atoms with E-state index in [1.54, 1.807) is 24.3 Å². The minimum Gasteiger partial charge on any atom is -0.0621 e. The summed E-state index contributed by atoms with van der Waals surface area (Å²) < 4.78 is 0.861. The summed E-state index contributed by atoms with van der Waals surface area (Å²) in [6.45, 7) is 0. The van der Waals surface area contributed by atoms with Gasteiger partial charge in [0.25, 0.3) is 5.39 Å². The zero-order valence-corrected chi connectivity index (χ0v) is 5.86. The summed E-state index contributed by atoms with van der Waals surface area (Å²) in [5, 5.41) is 11.0. The summed E-state index contributed by atoms with van der Waals surface area (Å²) in [5.41, 5.74) is 0.631. The third kappa shape index (κ3) is 1.36. The minimum absolute atomic E-state index is 0.631. The molecule has 4 heteroatoms. The molecule has 0 unspecified atom stereocenters. The fourth-order valence-electron chi connectivity index (χ4n) is 0.603. The molecule has 0 N–H and O–H groups in total. The number of benzene rings is 1. The molecule has 0 heterocycles. The van der Waals surface area contributed by atoms with Crippen molar-refractivity contribution in [2.45, 2.75) is 0 Å². The van der Waals surface area contributed by atoms with E-state index < -0.39 is 0 Å². The van der Waals surface area contributed by atoms with Crippen LogP contribution in [0.15, 0.2) is 30.3 Å². The van der Waals surface area contributed by atoms with Crippen LogP contribution in [-0.2, 0) is 0 Å². The summed E-state index contributed by atoms with van der Waals surface area (Å²) >= 11 is 5.41. The van der Waals surface area contributed by atoms with E-state index in [0.29, 0.717) is 5.69 Å². The van der Waals surface area contributed by atoms with Crippen LogP contribution in [0, 0.1) is 5.39 Å². The number of para-hydroxylation sites is 1. The highest BCUT2D eigenvalue weighted by atomic mass is 35.5. The van der Waals surface area contributed by atoms with E-state index in [-0.39, 0.29) is 0 Å². The third-order valence-corrected chi connectivity index (χ3v) is 1.31. The van der Waals surface area contributed by atoms with Gasteiger partial charge in [-0.3, -0.25) is 0 Å². The first-order valence-corrected chi connectivity index (χ1v) is 3.04. The molecule has 3 nitrogen and oxygen atoms in total. The molecule has 0 amide bonds. The van der Waals surface area contributed by atoms with Crippen molar-refractivity contribution in [2.24, 2.45) is 0 Å². The third-order valence-electron chi connectivity index (χ3n) is 1.05. The van der Waals surface area contributed by atoms with Crippen LogP contribution in [0.3, 0.4) is 0 Å². The Balaban J connectivity index is 2.88. The van der Waals surface area contributed by atoms with Gasteiger partial charge in [0, 0.05) is 0 Å². The van der Waals surface area contributed by atoms with E-state index in [0.717, 1.165) is 4.53 Å². The smallest absolute Gasteiger partial charge is 0.0621 e. The van der Waals surface area contributed by atoms with Crippen molar-refractivity contribution in [1.29, 1.82) is 5.39 Å². The normalized spacial score (nSPS) is 8.40. The molecule has 0 spiro atoms. The minimum atomic E-state index is 0.631. The Labute approximate surface area is 63.5 Å². The molecular weight excluding hydrogens is 150 g/mol. The fraction of sp³-hybridized carbons (Fsp3) is 0. The molecule has 0 aliphatic heterocycles. The average Bonchev–Trinajstić information content (AvgIpc) is 2.05. The molecule has 0 fully saturated rings. The second-order valence-corrected chi connectivity index (χ2v) is 2.01. The summed E-state index contributed by atoms with van der Waals surface area (Å²) in [6, 6.07) is 8.91. The van der Waals surface area contributed by atoms with Gasteiger partial charge in [-0.25, -0.2) is 0 Å². The Hall–Kier alpha value is -1.27. The van der Waals surface area contributed by atoms with Gasteiger partial charge >= 0.3 is 5.08 Å². The van der Waals surface area contributed by atoms with Gasteiger partial charge in [0.05, 0.1) is 4.53 Å². The molecule has 0 bridgehead atoms. The van der Waals surface area contributed by atoms with E-state index >= 15 is 0 Å². The molecule has 0 saturated heterocycles. The average molecular weight is 155 g/mol. The molecule has 1 aromatic carbocycles. The lowest BCUT2D eigenvalue weighted by molar-refractivity contribution is 1.30. The summed E-state index contributed by atoms with van der Waals surface area (Å²) in [7, 11) is 0. The number of hydrogen-bond donors (Lipinski definition) is 0. The van der Waals surface area contributed by atoms with Crippen molar-refractivity contribution in [3.8, 4) is 0 Å². The predicted molar refractivity (Wildman–Crippen MR) is 39.9 cm³/mol. The Bertz CT molecular complexity index is 241. The largest absolute Gasteiger partial charge is 0.328 e. The Kier molecular flexibility index (Phi) is 2.08. The highest BCUT2D eigenvalue weighted by Gasteiger charge is 2.10. The quantitative estimate of drug-likeness (QED) is 0.353. The van der Waals surface area contributed by atoms with E-state index in [1.807, 2.05) is 6.07 Å². The van der Waals surface area contributed by atoms with Crippen molar-refractivity contribution in [2.75, 3.05) is 4.53 Å².